The molecular formula is C28H45NO5. The summed E-state index contributed by atoms with van der Waals surface area (Å²) < 4.78 is 10.5. The minimum absolute atomic E-state index is 0.00724. The molecule has 2 N–H and O–H groups in total. The van der Waals surface area contributed by atoms with Crippen LogP contribution >= 0.6 is 0 Å². The number of unbranched alkanes of at least 4 members (excludes halogenated alkanes) is 8. The number of phenolic OH excluding ortho intramolecular Hbond substituents is 1. The number of nitrogens with one attached hydrogen (secondary N) is 1. The highest BCUT2D eigenvalue weighted by Crippen LogP contribution is 2.26. The Morgan fingerprint density at radius 2 is 1.76 bits per heavy atom. The molecule has 0 heterocycles. The maximum Gasteiger partial charge on any atom is 0.302 e. The molecule has 0 radical (unpaired) electrons. The minimum Gasteiger partial charge on any atom is -0.504 e. The van der Waals surface area contributed by atoms with Crippen LogP contribution in [0.15, 0.2) is 30.4 Å². The molecule has 192 valence electrons. The van der Waals surface area contributed by atoms with E-state index in [0.29, 0.717) is 18.7 Å². The summed E-state index contributed by atoms with van der Waals surface area (Å²) in [6, 6.07) is 5.08. The molecule has 0 bridgehead atoms. The van der Waals surface area contributed by atoms with Crippen molar-refractivity contribution in [2.75, 3.05) is 7.11 Å². The van der Waals surface area contributed by atoms with Gasteiger partial charge in [0.05, 0.1) is 7.11 Å². The molecule has 0 aliphatic rings. The number of benzene rings is 1. The summed E-state index contributed by atoms with van der Waals surface area (Å²) in [7, 11) is 1.51. The predicted octanol–water partition coefficient (Wildman–Crippen LogP) is 6.60. The van der Waals surface area contributed by atoms with Crippen LogP contribution in [0, 0.1) is 0 Å². The lowest BCUT2D eigenvalue weighted by molar-refractivity contribution is -0.146. The van der Waals surface area contributed by atoms with Crippen LogP contribution in [0.25, 0.3) is 0 Å². The van der Waals surface area contributed by atoms with Crippen molar-refractivity contribution in [1.29, 1.82) is 0 Å². The van der Waals surface area contributed by atoms with E-state index >= 15 is 0 Å². The molecule has 1 aromatic carbocycles. The Morgan fingerprint density at radius 1 is 1.03 bits per heavy atom. The highest BCUT2D eigenvalue weighted by molar-refractivity contribution is 5.75. The number of hydrogen-bond donors (Lipinski definition) is 2. The monoisotopic (exact) mass is 475 g/mol. The number of carbonyl (C=O) groups excluding carboxylic acids is 2. The van der Waals surface area contributed by atoms with Gasteiger partial charge in [-0.1, -0.05) is 63.7 Å². The minimum atomic E-state index is -0.192. The van der Waals surface area contributed by atoms with Gasteiger partial charge in [0.1, 0.15) is 6.10 Å². The van der Waals surface area contributed by atoms with Gasteiger partial charge in [-0.05, 0) is 49.8 Å². The maximum absolute atomic E-state index is 12.0. The smallest absolute Gasteiger partial charge is 0.302 e. The van der Waals surface area contributed by atoms with E-state index in [1.165, 1.54) is 33.3 Å². The molecule has 0 saturated heterocycles. The molecule has 0 aliphatic carbocycles. The van der Waals surface area contributed by atoms with Crippen molar-refractivity contribution in [3.63, 3.8) is 0 Å². The Bertz CT molecular complexity index is 732. The van der Waals surface area contributed by atoms with Crippen LogP contribution in [0.5, 0.6) is 11.5 Å². The highest BCUT2D eigenvalue weighted by atomic mass is 16.5. The van der Waals surface area contributed by atoms with Gasteiger partial charge < -0.3 is 19.9 Å². The van der Waals surface area contributed by atoms with Gasteiger partial charge in [0, 0.05) is 26.3 Å². The second-order valence-corrected chi connectivity index (χ2v) is 8.88. The number of allylic oxidation sites excluding steroid dienone is 1. The summed E-state index contributed by atoms with van der Waals surface area (Å²) in [5.41, 5.74) is 0.895. The summed E-state index contributed by atoms with van der Waals surface area (Å²) >= 11 is 0. The van der Waals surface area contributed by atoms with E-state index in [-0.39, 0.29) is 23.7 Å². The van der Waals surface area contributed by atoms with Crippen LogP contribution in [0.1, 0.15) is 103 Å². The Labute approximate surface area is 206 Å². The summed E-state index contributed by atoms with van der Waals surface area (Å²) in [5, 5.41) is 12.5. The van der Waals surface area contributed by atoms with Gasteiger partial charge in [-0.25, -0.2) is 0 Å². The van der Waals surface area contributed by atoms with Crippen LogP contribution in [0.3, 0.4) is 0 Å². The first-order valence-corrected chi connectivity index (χ1v) is 12.9. The third kappa shape index (κ3) is 14.6. The maximum atomic E-state index is 12.0. The molecule has 6 nitrogen and oxygen atoms in total. The average molecular weight is 476 g/mol. The number of methoxy groups -OCH3 is 1. The number of phenols is 1. The standard InChI is InChI=1S/C28H45NO5/c1-4-5-6-13-16-25(34-23(2)30)17-14-11-9-7-8-10-12-15-18-28(32)29-22-24-19-20-26(31)27(21-24)33-3/h11,14,19-21,25,31H,4-10,12-13,15-18,22H2,1-3H3,(H,29,32)/b14-11-/t25-/m1/s1. The van der Waals surface area contributed by atoms with Gasteiger partial charge >= 0.3 is 5.97 Å². The summed E-state index contributed by atoms with van der Waals surface area (Å²) in [5.74, 6) is 0.362. The topological polar surface area (TPSA) is 84.9 Å². The summed E-state index contributed by atoms with van der Waals surface area (Å²) in [4.78, 5) is 23.3. The molecule has 34 heavy (non-hydrogen) atoms. The Balaban J connectivity index is 2.07. The van der Waals surface area contributed by atoms with Gasteiger partial charge in [-0.3, -0.25) is 9.59 Å². The predicted molar refractivity (Wildman–Crippen MR) is 137 cm³/mol. The Hall–Kier alpha value is -2.50. The van der Waals surface area contributed by atoms with Gasteiger partial charge in [0.15, 0.2) is 11.5 Å². The highest BCUT2D eigenvalue weighted by Gasteiger charge is 2.10. The molecule has 0 spiro atoms. The Morgan fingerprint density at radius 3 is 2.50 bits per heavy atom. The van der Waals surface area contributed by atoms with E-state index < -0.39 is 0 Å². The third-order valence-corrected chi connectivity index (χ3v) is 5.79. The van der Waals surface area contributed by atoms with Crippen molar-refractivity contribution in [2.24, 2.45) is 0 Å². The van der Waals surface area contributed by atoms with Gasteiger partial charge in [0.2, 0.25) is 5.91 Å². The molecule has 6 heteroatoms. The van der Waals surface area contributed by atoms with Crippen molar-refractivity contribution in [3.8, 4) is 11.5 Å². The first-order valence-electron chi connectivity index (χ1n) is 12.9. The van der Waals surface area contributed by atoms with Crippen molar-refractivity contribution in [3.05, 3.63) is 35.9 Å². The fourth-order valence-electron chi connectivity index (χ4n) is 3.82. The molecule has 1 amide bonds. The van der Waals surface area contributed by atoms with Crippen molar-refractivity contribution < 1.29 is 24.2 Å². The summed E-state index contributed by atoms with van der Waals surface area (Å²) in [6.07, 6.45) is 17.8. The molecule has 1 atom stereocenters. The zero-order valence-electron chi connectivity index (χ0n) is 21.4. The molecule has 0 unspecified atom stereocenters. The Kier molecular flexibility index (Phi) is 16.4. The van der Waals surface area contributed by atoms with Crippen molar-refractivity contribution in [1.82, 2.24) is 5.32 Å². The van der Waals surface area contributed by atoms with E-state index in [4.69, 9.17) is 9.47 Å². The van der Waals surface area contributed by atoms with Crippen LogP contribution in [-0.2, 0) is 20.9 Å². The molecule has 0 saturated carbocycles. The van der Waals surface area contributed by atoms with Crippen molar-refractivity contribution in [2.45, 2.75) is 110 Å². The number of ether oxygens (including phenoxy) is 2. The van der Waals surface area contributed by atoms with Gasteiger partial charge in [-0.2, -0.15) is 0 Å². The van der Waals surface area contributed by atoms with Gasteiger partial charge in [-0.15, -0.1) is 0 Å². The second-order valence-electron chi connectivity index (χ2n) is 8.88. The number of hydrogen-bond acceptors (Lipinski definition) is 5. The van der Waals surface area contributed by atoms with Crippen molar-refractivity contribution >= 4 is 11.9 Å². The molecular weight excluding hydrogens is 430 g/mol. The fourth-order valence-corrected chi connectivity index (χ4v) is 3.82. The third-order valence-electron chi connectivity index (χ3n) is 5.79. The second kappa shape index (κ2) is 18.9. The first-order chi connectivity index (χ1) is 16.5. The van der Waals surface area contributed by atoms with Crippen LogP contribution < -0.4 is 10.1 Å². The van der Waals surface area contributed by atoms with Crippen LogP contribution in [-0.4, -0.2) is 30.2 Å². The normalized spacial score (nSPS) is 12.0. The lowest BCUT2D eigenvalue weighted by atomic mass is 10.1. The van der Waals surface area contributed by atoms with E-state index in [2.05, 4.69) is 24.4 Å². The molecule has 0 fully saturated rings. The molecule has 0 aromatic heterocycles. The van der Waals surface area contributed by atoms with E-state index in [0.717, 1.165) is 63.4 Å². The van der Waals surface area contributed by atoms with E-state index in [1.54, 1.807) is 18.2 Å². The number of amides is 1. The van der Waals surface area contributed by atoms with Crippen LogP contribution in [0.2, 0.25) is 0 Å². The summed E-state index contributed by atoms with van der Waals surface area (Å²) in [6.45, 7) is 4.11. The number of aromatic hydroxyl groups is 1. The number of carbonyl (C=O) groups is 2. The quantitative estimate of drug-likeness (QED) is 0.134. The van der Waals surface area contributed by atoms with Gasteiger partial charge in [0.25, 0.3) is 0 Å². The molecule has 1 aromatic rings. The molecule has 0 aliphatic heterocycles. The van der Waals surface area contributed by atoms with E-state index in [9.17, 15) is 14.7 Å². The zero-order valence-corrected chi connectivity index (χ0v) is 21.4. The number of rotatable bonds is 19. The van der Waals surface area contributed by atoms with Crippen LogP contribution in [0.4, 0.5) is 0 Å². The average Bonchev–Trinajstić information content (AvgIpc) is 2.81. The fraction of sp³-hybridized carbons (Fsp3) is 0.643. The molecule has 1 rings (SSSR count). The zero-order chi connectivity index (χ0) is 25.0. The lowest BCUT2D eigenvalue weighted by Gasteiger charge is -2.15. The number of esters is 1. The SMILES string of the molecule is CCCCCC[C@H](C/C=C\CCCCCCCC(=O)NCc1ccc(O)c(OC)c1)OC(C)=O. The first kappa shape index (κ1) is 29.5. The lowest BCUT2D eigenvalue weighted by Crippen LogP contribution is -2.22. The largest absolute Gasteiger partial charge is 0.504 e. The van der Waals surface area contributed by atoms with E-state index in [1.807, 2.05) is 0 Å².